The number of thioether (sulfide) groups is 1. The van der Waals surface area contributed by atoms with Crippen LogP contribution < -0.4 is 5.32 Å². The Morgan fingerprint density at radius 3 is 2.72 bits per heavy atom. The number of carbonyl (C=O) groups excluding carboxylic acids is 2. The number of furan rings is 1. The van der Waals surface area contributed by atoms with Gasteiger partial charge in [0, 0.05) is 6.42 Å². The maximum atomic E-state index is 12.9. The van der Waals surface area contributed by atoms with E-state index in [9.17, 15) is 14.4 Å². The Bertz CT molecular complexity index is 1050. The monoisotopic (exact) mass is 454 g/mol. The summed E-state index contributed by atoms with van der Waals surface area (Å²) in [5.41, 5.74) is 1.90. The lowest BCUT2D eigenvalue weighted by Crippen LogP contribution is -2.35. The molecule has 1 fully saturated rings. The summed E-state index contributed by atoms with van der Waals surface area (Å²) in [6, 6.07) is 13.2. The second-order valence-corrected chi connectivity index (χ2v) is 8.08. The number of carboxylic acids is 1. The lowest BCUT2D eigenvalue weighted by Gasteiger charge is -2.14. The topological polar surface area (TPSA) is 125 Å². The van der Waals surface area contributed by atoms with Crippen LogP contribution in [-0.4, -0.2) is 51.0 Å². The minimum atomic E-state index is -1.15. The molecular weight excluding hydrogens is 432 g/mol. The fraction of sp³-hybridized carbons (Fsp3) is 0.227. The van der Waals surface area contributed by atoms with Gasteiger partial charge in [-0.2, -0.15) is 5.10 Å². The van der Waals surface area contributed by atoms with Gasteiger partial charge < -0.3 is 14.8 Å². The Balaban J connectivity index is 1.73. The molecule has 0 spiro atoms. The third kappa shape index (κ3) is 6.67. The normalized spacial score (nSPS) is 18.0. The molecule has 2 aromatic rings. The molecular formula is C22H22N4O5S. The van der Waals surface area contributed by atoms with Gasteiger partial charge in [0.25, 0.3) is 0 Å². The third-order valence-electron chi connectivity index (χ3n) is 4.32. The van der Waals surface area contributed by atoms with E-state index in [-0.39, 0.29) is 18.9 Å². The number of benzene rings is 1. The van der Waals surface area contributed by atoms with Crippen molar-refractivity contribution in [2.75, 3.05) is 6.54 Å². The first-order chi connectivity index (χ1) is 15.4. The molecule has 32 heavy (non-hydrogen) atoms. The lowest BCUT2D eigenvalue weighted by atomic mass is 10.1. The summed E-state index contributed by atoms with van der Waals surface area (Å²) in [6.45, 7) is 1.54. The van der Waals surface area contributed by atoms with Crippen molar-refractivity contribution in [1.82, 2.24) is 10.2 Å². The highest BCUT2D eigenvalue weighted by Crippen LogP contribution is 2.31. The summed E-state index contributed by atoms with van der Waals surface area (Å²) in [4.78, 5) is 36.9. The average Bonchev–Trinajstić information content (AvgIpc) is 3.37. The predicted octanol–water partition coefficient (Wildman–Crippen LogP) is 2.76. The van der Waals surface area contributed by atoms with Crippen LogP contribution in [0.1, 0.15) is 24.7 Å². The van der Waals surface area contributed by atoms with Crippen LogP contribution >= 0.6 is 11.8 Å². The van der Waals surface area contributed by atoms with Gasteiger partial charge in [-0.15, -0.1) is 5.10 Å². The number of aliphatic carboxylic acids is 1. The maximum absolute atomic E-state index is 12.9. The molecule has 0 bridgehead atoms. The van der Waals surface area contributed by atoms with Crippen LogP contribution in [0, 0.1) is 0 Å². The van der Waals surface area contributed by atoms with Crippen LogP contribution in [0.15, 0.2) is 68.9 Å². The second-order valence-electron chi connectivity index (χ2n) is 6.91. The molecule has 1 aromatic carbocycles. The first kappa shape index (κ1) is 23.0. The summed E-state index contributed by atoms with van der Waals surface area (Å²) >= 11 is 1.11. The van der Waals surface area contributed by atoms with E-state index in [1.54, 1.807) is 18.3 Å². The van der Waals surface area contributed by atoms with Crippen molar-refractivity contribution in [2.24, 2.45) is 10.2 Å². The molecule has 1 aliphatic rings. The molecule has 0 aliphatic carbocycles. The van der Waals surface area contributed by atoms with Gasteiger partial charge >= 0.3 is 5.97 Å². The van der Waals surface area contributed by atoms with Crippen LogP contribution in [-0.2, 0) is 20.9 Å². The molecule has 1 aromatic heterocycles. The molecule has 2 heterocycles. The van der Waals surface area contributed by atoms with Gasteiger partial charge in [0.2, 0.25) is 11.8 Å². The van der Waals surface area contributed by atoms with Gasteiger partial charge in [0.15, 0.2) is 5.17 Å². The number of nitrogens with one attached hydrogen (secondary N) is 1. The van der Waals surface area contributed by atoms with Crippen molar-refractivity contribution < 1.29 is 23.9 Å². The van der Waals surface area contributed by atoms with Gasteiger partial charge in [-0.25, -0.2) is 0 Å². The highest BCUT2D eigenvalue weighted by Gasteiger charge is 2.39. The molecule has 2 N–H and O–H groups in total. The van der Waals surface area contributed by atoms with Crippen molar-refractivity contribution in [3.63, 3.8) is 0 Å². The predicted molar refractivity (Wildman–Crippen MR) is 122 cm³/mol. The standard InChI is InChI=1S/C22H22N4O5S/c1-15(10-16-6-3-2-4-7-16)12-24-25-22-26(14-17-8-5-9-31-17)21(30)18(32-22)11-19(27)23-13-20(28)29/h2-10,12,18H,11,13-14H2,1H3,(H,23,27)(H,28,29)/b15-10+,24-12+,25-22+. The van der Waals surface area contributed by atoms with E-state index in [0.29, 0.717) is 10.9 Å². The highest BCUT2D eigenvalue weighted by molar-refractivity contribution is 8.15. The molecule has 10 heteroatoms. The zero-order chi connectivity index (χ0) is 22.9. The van der Waals surface area contributed by atoms with E-state index < -0.39 is 23.7 Å². The van der Waals surface area contributed by atoms with Crippen molar-refractivity contribution >= 4 is 47.0 Å². The molecule has 2 amide bonds. The number of carboxylic acid groups (broad SMARTS) is 1. The molecule has 9 nitrogen and oxygen atoms in total. The quantitative estimate of drug-likeness (QED) is 0.443. The molecule has 3 rings (SSSR count). The van der Waals surface area contributed by atoms with E-state index in [2.05, 4.69) is 15.5 Å². The first-order valence-corrected chi connectivity index (χ1v) is 10.6. The first-order valence-electron chi connectivity index (χ1n) is 9.75. The number of hydrogen-bond donors (Lipinski definition) is 2. The molecule has 1 atom stereocenters. The SMILES string of the molecule is CC(/C=N/N=C1/SC(CC(=O)NCC(=O)O)C(=O)N1Cc1ccco1)=C\c1ccccc1. The largest absolute Gasteiger partial charge is 0.480 e. The molecule has 166 valence electrons. The summed E-state index contributed by atoms with van der Waals surface area (Å²) in [5, 5.41) is 18.9. The summed E-state index contributed by atoms with van der Waals surface area (Å²) in [6.07, 6.45) is 4.88. The van der Waals surface area contributed by atoms with Gasteiger partial charge in [-0.1, -0.05) is 48.2 Å². The number of allylic oxidation sites excluding steroid dienone is 1. The molecule has 1 saturated heterocycles. The number of nitrogens with zero attached hydrogens (tertiary/aromatic N) is 3. The van der Waals surface area contributed by atoms with Crippen molar-refractivity contribution in [3.05, 3.63) is 65.6 Å². The number of amides is 2. The second kappa shape index (κ2) is 11.1. The zero-order valence-electron chi connectivity index (χ0n) is 17.3. The van der Waals surface area contributed by atoms with Crippen LogP contribution in [0.3, 0.4) is 0 Å². The van der Waals surface area contributed by atoms with Crippen LogP contribution in [0.4, 0.5) is 0 Å². The number of rotatable bonds is 9. The molecule has 1 unspecified atom stereocenters. The Morgan fingerprint density at radius 1 is 1.25 bits per heavy atom. The Labute approximate surface area is 188 Å². The van der Waals surface area contributed by atoms with Gasteiger partial charge in [-0.05, 0) is 30.2 Å². The highest BCUT2D eigenvalue weighted by atomic mass is 32.2. The number of carbonyl (C=O) groups is 3. The van der Waals surface area contributed by atoms with Crippen LogP contribution in [0.25, 0.3) is 6.08 Å². The summed E-state index contributed by atoms with van der Waals surface area (Å²) < 4.78 is 5.33. The van der Waals surface area contributed by atoms with E-state index in [1.807, 2.05) is 43.3 Å². The molecule has 0 saturated carbocycles. The van der Waals surface area contributed by atoms with E-state index >= 15 is 0 Å². The Hall–Kier alpha value is -3.66. The fourth-order valence-electron chi connectivity index (χ4n) is 2.85. The van der Waals surface area contributed by atoms with Gasteiger partial charge in [0.05, 0.1) is 19.0 Å². The number of amidine groups is 1. The average molecular weight is 455 g/mol. The zero-order valence-corrected chi connectivity index (χ0v) is 18.1. The number of hydrogen-bond acceptors (Lipinski definition) is 7. The summed E-state index contributed by atoms with van der Waals surface area (Å²) in [5.74, 6) is -1.43. The van der Waals surface area contributed by atoms with E-state index in [4.69, 9.17) is 9.52 Å². The van der Waals surface area contributed by atoms with Crippen molar-refractivity contribution in [1.29, 1.82) is 0 Å². The van der Waals surface area contributed by atoms with Crippen LogP contribution in [0.5, 0.6) is 0 Å². The van der Waals surface area contributed by atoms with E-state index in [1.165, 1.54) is 11.2 Å². The molecule has 1 aliphatic heterocycles. The van der Waals surface area contributed by atoms with Gasteiger partial charge in [0.1, 0.15) is 17.6 Å². The van der Waals surface area contributed by atoms with E-state index in [0.717, 1.165) is 22.9 Å². The molecule has 0 radical (unpaired) electrons. The Morgan fingerprint density at radius 2 is 2.03 bits per heavy atom. The minimum absolute atomic E-state index is 0.152. The lowest BCUT2D eigenvalue weighted by molar-refractivity contribution is -0.138. The smallest absolute Gasteiger partial charge is 0.322 e. The van der Waals surface area contributed by atoms with Gasteiger partial charge in [-0.3, -0.25) is 19.3 Å². The fourth-order valence-corrected chi connectivity index (χ4v) is 3.95. The van der Waals surface area contributed by atoms with Crippen LogP contribution in [0.2, 0.25) is 0 Å². The summed E-state index contributed by atoms with van der Waals surface area (Å²) in [7, 11) is 0. The maximum Gasteiger partial charge on any atom is 0.322 e. The minimum Gasteiger partial charge on any atom is -0.480 e. The third-order valence-corrected chi connectivity index (χ3v) is 5.49. The Kier molecular flexibility index (Phi) is 7.98. The van der Waals surface area contributed by atoms with Crippen molar-refractivity contribution in [2.45, 2.75) is 25.1 Å². The van der Waals surface area contributed by atoms with Crippen molar-refractivity contribution in [3.8, 4) is 0 Å².